The number of hydrogen-bond donors (Lipinski definition) is 1. The molecule has 0 radical (unpaired) electrons. The molecule has 3 rings (SSSR count). The lowest BCUT2D eigenvalue weighted by molar-refractivity contribution is -0.113. The molecule has 0 saturated carbocycles. The number of carbonyl (C=O) groups is 1. The van der Waals surface area contributed by atoms with Gasteiger partial charge in [0.05, 0.1) is 18.9 Å². The van der Waals surface area contributed by atoms with Crippen LogP contribution in [-0.4, -0.2) is 40.1 Å². The molecule has 0 aliphatic heterocycles. The van der Waals surface area contributed by atoms with Gasteiger partial charge in [-0.3, -0.25) is 9.36 Å². The number of para-hydroxylation sites is 1. The number of nitrogens with zero attached hydrogens (tertiary/aromatic N) is 3. The molecule has 0 unspecified atom stereocenters. The number of nitrogens with one attached hydrogen (secondary N) is 1. The first-order valence-corrected chi connectivity index (χ1v) is 11.6. The minimum Gasteiger partial charge on any atom is -0.383 e. The van der Waals surface area contributed by atoms with Gasteiger partial charge < -0.3 is 10.1 Å². The van der Waals surface area contributed by atoms with Crippen LogP contribution in [0.15, 0.2) is 47.6 Å². The van der Waals surface area contributed by atoms with Crippen LogP contribution < -0.4 is 5.32 Å². The highest BCUT2D eigenvalue weighted by molar-refractivity contribution is 7.99. The lowest BCUT2D eigenvalue weighted by Crippen LogP contribution is -2.17. The molecule has 0 saturated heterocycles. The summed E-state index contributed by atoms with van der Waals surface area (Å²) in [5.41, 5.74) is 5.42. The van der Waals surface area contributed by atoms with E-state index in [2.05, 4.69) is 60.6 Å². The standard InChI is InChI=1S/C24H30N4O2S/c1-5-18-10-8-11-19(6-2)22(18)25-21(29)16-31-24-27-26-23(28(24)13-14-30-4)20-12-7-9-17(3)15-20/h7-12,15H,5-6,13-14,16H2,1-4H3,(H,25,29). The second-order valence-corrected chi connectivity index (χ2v) is 8.26. The number of thioether (sulfide) groups is 1. The van der Waals surface area contributed by atoms with Crippen molar-refractivity contribution < 1.29 is 9.53 Å². The number of hydrogen-bond acceptors (Lipinski definition) is 5. The van der Waals surface area contributed by atoms with E-state index in [1.807, 2.05) is 22.8 Å². The van der Waals surface area contributed by atoms with E-state index >= 15 is 0 Å². The van der Waals surface area contributed by atoms with Crippen molar-refractivity contribution in [1.82, 2.24) is 14.8 Å². The molecule has 1 amide bonds. The van der Waals surface area contributed by atoms with Gasteiger partial charge in [-0.2, -0.15) is 0 Å². The molecule has 2 aromatic carbocycles. The molecule has 7 heteroatoms. The van der Waals surface area contributed by atoms with E-state index in [0.717, 1.165) is 46.6 Å². The molecule has 0 bridgehead atoms. The topological polar surface area (TPSA) is 69.0 Å². The molecule has 0 aliphatic carbocycles. The van der Waals surface area contributed by atoms with Gasteiger partial charge in [0, 0.05) is 18.4 Å². The second-order valence-electron chi connectivity index (χ2n) is 7.32. The SMILES string of the molecule is CCc1cccc(CC)c1NC(=O)CSc1nnc(-c2cccc(C)c2)n1CCOC. The minimum atomic E-state index is -0.0426. The first kappa shape index (κ1) is 23.0. The molecular weight excluding hydrogens is 408 g/mol. The van der Waals surface area contributed by atoms with Gasteiger partial charge in [-0.25, -0.2) is 0 Å². The Hall–Kier alpha value is -2.64. The van der Waals surface area contributed by atoms with Crippen molar-refractivity contribution in [3.63, 3.8) is 0 Å². The summed E-state index contributed by atoms with van der Waals surface area (Å²) in [4.78, 5) is 12.8. The number of aryl methyl sites for hydroxylation is 3. The van der Waals surface area contributed by atoms with Crippen molar-refractivity contribution in [2.75, 3.05) is 24.8 Å². The Morgan fingerprint density at radius 3 is 2.45 bits per heavy atom. The Labute approximate surface area is 188 Å². The first-order chi connectivity index (χ1) is 15.1. The lowest BCUT2D eigenvalue weighted by Gasteiger charge is -2.14. The average Bonchev–Trinajstić information content (AvgIpc) is 3.19. The number of aromatic nitrogens is 3. The molecule has 164 valence electrons. The maximum atomic E-state index is 12.8. The Morgan fingerprint density at radius 2 is 1.81 bits per heavy atom. The zero-order chi connectivity index (χ0) is 22.2. The molecule has 1 heterocycles. The van der Waals surface area contributed by atoms with Crippen molar-refractivity contribution >= 4 is 23.4 Å². The monoisotopic (exact) mass is 438 g/mol. The Balaban J connectivity index is 1.76. The summed E-state index contributed by atoms with van der Waals surface area (Å²) >= 11 is 1.39. The van der Waals surface area contributed by atoms with Crippen molar-refractivity contribution in [2.24, 2.45) is 0 Å². The number of anilines is 1. The third-order valence-corrected chi connectivity index (χ3v) is 6.07. The molecule has 31 heavy (non-hydrogen) atoms. The van der Waals surface area contributed by atoms with Crippen LogP contribution in [-0.2, 0) is 28.9 Å². The molecule has 6 nitrogen and oxygen atoms in total. The third-order valence-electron chi connectivity index (χ3n) is 5.11. The van der Waals surface area contributed by atoms with Crippen LogP contribution in [0.4, 0.5) is 5.69 Å². The zero-order valence-corrected chi connectivity index (χ0v) is 19.5. The van der Waals surface area contributed by atoms with Gasteiger partial charge in [-0.15, -0.1) is 10.2 Å². The fraction of sp³-hybridized carbons (Fsp3) is 0.375. The predicted molar refractivity (Wildman–Crippen MR) is 127 cm³/mol. The number of amides is 1. The number of ether oxygens (including phenoxy) is 1. The van der Waals surface area contributed by atoms with Gasteiger partial charge in [-0.1, -0.05) is 67.6 Å². The first-order valence-electron chi connectivity index (χ1n) is 10.6. The quantitative estimate of drug-likeness (QED) is 0.463. The van der Waals surface area contributed by atoms with Gasteiger partial charge in [0.1, 0.15) is 0 Å². The lowest BCUT2D eigenvalue weighted by atomic mass is 10.0. The maximum Gasteiger partial charge on any atom is 0.234 e. The van der Waals surface area contributed by atoms with E-state index in [4.69, 9.17) is 4.74 Å². The van der Waals surface area contributed by atoms with Crippen LogP contribution in [0, 0.1) is 6.92 Å². The molecule has 0 spiro atoms. The van der Waals surface area contributed by atoms with E-state index in [9.17, 15) is 4.79 Å². The number of carbonyl (C=O) groups excluding carboxylic acids is 1. The number of benzene rings is 2. The highest BCUT2D eigenvalue weighted by atomic mass is 32.2. The van der Waals surface area contributed by atoms with Gasteiger partial charge in [0.15, 0.2) is 11.0 Å². The van der Waals surface area contributed by atoms with Crippen LogP contribution >= 0.6 is 11.8 Å². The zero-order valence-electron chi connectivity index (χ0n) is 18.6. The van der Waals surface area contributed by atoms with E-state index in [0.29, 0.717) is 18.3 Å². The van der Waals surface area contributed by atoms with E-state index < -0.39 is 0 Å². The van der Waals surface area contributed by atoms with Crippen molar-refractivity contribution in [1.29, 1.82) is 0 Å². The summed E-state index contributed by atoms with van der Waals surface area (Å²) in [6, 6.07) is 14.4. The van der Waals surface area contributed by atoms with Crippen LogP contribution in [0.2, 0.25) is 0 Å². The van der Waals surface area contributed by atoms with Crippen molar-refractivity contribution in [3.8, 4) is 11.4 Å². The normalized spacial score (nSPS) is 11.0. The van der Waals surface area contributed by atoms with Crippen LogP contribution in [0.3, 0.4) is 0 Å². The maximum absolute atomic E-state index is 12.8. The van der Waals surface area contributed by atoms with E-state index in [1.165, 1.54) is 11.8 Å². The van der Waals surface area contributed by atoms with Gasteiger partial charge in [0.2, 0.25) is 5.91 Å². The summed E-state index contributed by atoms with van der Waals surface area (Å²) in [5, 5.41) is 12.6. The number of methoxy groups -OCH3 is 1. The summed E-state index contributed by atoms with van der Waals surface area (Å²) in [6.45, 7) is 7.42. The molecule has 3 aromatic rings. The molecule has 0 atom stereocenters. The Morgan fingerprint density at radius 1 is 1.10 bits per heavy atom. The summed E-state index contributed by atoms with van der Waals surface area (Å²) in [5.74, 6) is 1.01. The van der Waals surface area contributed by atoms with Crippen molar-refractivity contribution in [3.05, 3.63) is 59.2 Å². The summed E-state index contributed by atoms with van der Waals surface area (Å²) in [7, 11) is 1.67. The fourth-order valence-electron chi connectivity index (χ4n) is 3.49. The molecule has 1 N–H and O–H groups in total. The third kappa shape index (κ3) is 5.74. The highest BCUT2D eigenvalue weighted by Gasteiger charge is 2.17. The van der Waals surface area contributed by atoms with Crippen LogP contribution in [0.1, 0.15) is 30.5 Å². The molecular formula is C24H30N4O2S. The fourth-order valence-corrected chi connectivity index (χ4v) is 4.25. The largest absolute Gasteiger partial charge is 0.383 e. The Bertz CT molecular complexity index is 1010. The number of rotatable bonds is 10. The summed E-state index contributed by atoms with van der Waals surface area (Å²) in [6.07, 6.45) is 1.75. The van der Waals surface area contributed by atoms with Crippen molar-refractivity contribution in [2.45, 2.75) is 45.3 Å². The average molecular weight is 439 g/mol. The highest BCUT2D eigenvalue weighted by Crippen LogP contribution is 2.26. The molecule has 0 aliphatic rings. The van der Waals surface area contributed by atoms with Crippen LogP contribution in [0.5, 0.6) is 0 Å². The predicted octanol–water partition coefficient (Wildman–Crippen LogP) is 4.76. The van der Waals surface area contributed by atoms with Crippen LogP contribution in [0.25, 0.3) is 11.4 Å². The Kier molecular flexibility index (Phi) is 8.26. The molecule has 0 fully saturated rings. The smallest absolute Gasteiger partial charge is 0.234 e. The summed E-state index contributed by atoms with van der Waals surface area (Å²) < 4.78 is 7.30. The van der Waals surface area contributed by atoms with Gasteiger partial charge in [-0.05, 0) is 37.0 Å². The molecule has 1 aromatic heterocycles. The second kappa shape index (κ2) is 11.1. The van der Waals surface area contributed by atoms with Gasteiger partial charge >= 0.3 is 0 Å². The van der Waals surface area contributed by atoms with Gasteiger partial charge in [0.25, 0.3) is 0 Å². The minimum absolute atomic E-state index is 0.0426. The van der Waals surface area contributed by atoms with E-state index in [-0.39, 0.29) is 11.7 Å². The van der Waals surface area contributed by atoms with E-state index in [1.54, 1.807) is 7.11 Å².